The van der Waals surface area contributed by atoms with E-state index in [-0.39, 0.29) is 19.8 Å². The number of hydrogen-bond acceptors (Lipinski definition) is 6. The molecular weight excluding hydrogens is 595 g/mol. The number of hydrogen-bond donors (Lipinski definition) is 3. The quantitative estimate of drug-likeness (QED) is 0.0366. The number of quaternary nitrogens is 1. The van der Waals surface area contributed by atoms with Gasteiger partial charge >= 0.3 is 8.80 Å². The third kappa shape index (κ3) is 25.0. The van der Waals surface area contributed by atoms with Crippen LogP contribution in [-0.4, -0.2) is 95.4 Å². The van der Waals surface area contributed by atoms with Crippen LogP contribution >= 0.6 is 0 Å². The van der Waals surface area contributed by atoms with E-state index >= 15 is 0 Å². The van der Waals surface area contributed by atoms with Crippen molar-refractivity contribution in [3.8, 4) is 0 Å². The van der Waals surface area contributed by atoms with Crippen molar-refractivity contribution in [1.29, 1.82) is 0 Å². The molecule has 0 unspecified atom stereocenters. The molecule has 0 bridgehead atoms. The Bertz CT molecular complexity index is 665. The fourth-order valence-corrected chi connectivity index (χ4v) is 8.42. The van der Waals surface area contributed by atoms with Crippen molar-refractivity contribution in [3.63, 3.8) is 0 Å². The smallest absolute Gasteiger partial charge is 0.396 e. The fraction of sp³-hybridized carbons (Fsp3) is 1.00. The Balaban J connectivity index is 4.68. The van der Waals surface area contributed by atoms with Gasteiger partial charge in [0.2, 0.25) is 0 Å². The van der Waals surface area contributed by atoms with Gasteiger partial charge in [-0.2, -0.15) is 0 Å². The molecule has 46 heavy (non-hydrogen) atoms. The van der Waals surface area contributed by atoms with Gasteiger partial charge in [-0.3, -0.25) is 0 Å². The van der Waals surface area contributed by atoms with Crippen LogP contribution < -0.4 is 0 Å². The highest BCUT2D eigenvalue weighted by Crippen LogP contribution is 2.29. The summed E-state index contributed by atoms with van der Waals surface area (Å²) in [6, 6.07) is 0.665. The number of rotatable bonds is 33. The van der Waals surface area contributed by atoms with Crippen LogP contribution in [0.3, 0.4) is 0 Å². The molecular formula is C38H82NO6Si+. The van der Waals surface area contributed by atoms with E-state index in [4.69, 9.17) is 13.3 Å². The summed E-state index contributed by atoms with van der Waals surface area (Å²) in [6.07, 6.45) is 23.1. The molecule has 8 heteroatoms. The summed E-state index contributed by atoms with van der Waals surface area (Å²) in [6.45, 7) is 17.3. The molecule has 0 saturated carbocycles. The topological polar surface area (TPSA) is 88.4 Å². The Kier molecular flexibility index (Phi) is 24.9. The van der Waals surface area contributed by atoms with Crippen molar-refractivity contribution < 1.29 is 33.1 Å². The van der Waals surface area contributed by atoms with E-state index in [2.05, 4.69) is 21.0 Å². The summed E-state index contributed by atoms with van der Waals surface area (Å²) in [4.78, 5) is 0. The maximum Gasteiger partial charge on any atom is 0.501 e. The molecule has 0 aliphatic heterocycles. The molecule has 0 radical (unpaired) electrons. The first-order chi connectivity index (χ1) is 21.6. The van der Waals surface area contributed by atoms with Crippen molar-refractivity contribution in [2.75, 3.05) is 66.8 Å². The Morgan fingerprint density at radius 2 is 0.739 bits per heavy atom. The molecule has 0 atom stereocenters. The molecule has 3 N–H and O–H groups in total. The Morgan fingerprint density at radius 3 is 1.04 bits per heavy atom. The Labute approximate surface area is 288 Å². The van der Waals surface area contributed by atoms with Crippen LogP contribution in [0, 0.1) is 16.2 Å². The van der Waals surface area contributed by atoms with Crippen molar-refractivity contribution in [2.45, 2.75) is 164 Å². The van der Waals surface area contributed by atoms with E-state index in [0.29, 0.717) is 25.9 Å². The standard InChI is InChI=1S/C38H82NO6Si/c1-10-11-12-13-14-15-16-17-18-19-20-21-22-23-24-25-27-39(8,9)28-26-29-46(43-33-36(2,3)30-40,44-34-37(4,5)31-41)45-35-38(6,7)32-42/h40-42H,10-35H2,1-9H3/q+1. The zero-order chi connectivity index (χ0) is 35.0. The summed E-state index contributed by atoms with van der Waals surface area (Å²) < 4.78 is 20.6. The molecule has 0 aromatic carbocycles. The molecule has 0 amide bonds. The number of aliphatic hydroxyl groups is 3. The second-order valence-corrected chi connectivity index (χ2v) is 20.0. The van der Waals surface area contributed by atoms with Gasteiger partial charge < -0.3 is 33.1 Å². The van der Waals surface area contributed by atoms with E-state index in [1.807, 2.05) is 41.5 Å². The van der Waals surface area contributed by atoms with Gasteiger partial charge in [0.05, 0.1) is 47.0 Å². The first-order valence-corrected chi connectivity index (χ1v) is 21.1. The summed E-state index contributed by atoms with van der Waals surface area (Å²) in [5.74, 6) is 0. The van der Waals surface area contributed by atoms with Crippen molar-refractivity contribution in [2.24, 2.45) is 16.2 Å². The minimum absolute atomic E-state index is 0.00494. The van der Waals surface area contributed by atoms with Crippen LogP contribution in [0.1, 0.15) is 158 Å². The lowest BCUT2D eigenvalue weighted by atomic mass is 9.97. The molecule has 7 nitrogen and oxygen atoms in total. The van der Waals surface area contributed by atoms with Crippen LogP contribution in [-0.2, 0) is 13.3 Å². The maximum atomic E-state index is 9.89. The Hall–Kier alpha value is -0.0631. The molecule has 0 heterocycles. The highest BCUT2D eigenvalue weighted by Gasteiger charge is 2.45. The zero-order valence-electron chi connectivity index (χ0n) is 32.4. The second-order valence-electron chi connectivity index (χ2n) is 17.3. The first-order valence-electron chi connectivity index (χ1n) is 19.1. The minimum atomic E-state index is -3.19. The molecule has 0 aromatic heterocycles. The monoisotopic (exact) mass is 677 g/mol. The number of unbranched alkanes of at least 4 members (excludes halogenated alkanes) is 15. The van der Waals surface area contributed by atoms with Crippen LogP contribution in [0.4, 0.5) is 0 Å². The van der Waals surface area contributed by atoms with Gasteiger partial charge in [-0.05, 0) is 12.8 Å². The average molecular weight is 677 g/mol. The van der Waals surface area contributed by atoms with Gasteiger partial charge in [-0.15, -0.1) is 0 Å². The van der Waals surface area contributed by atoms with Gasteiger partial charge in [0.25, 0.3) is 0 Å². The predicted octanol–water partition coefficient (Wildman–Crippen LogP) is 8.76. The molecule has 0 aliphatic rings. The Morgan fingerprint density at radius 1 is 0.457 bits per heavy atom. The summed E-state index contributed by atoms with van der Waals surface area (Å²) >= 11 is 0. The first kappa shape index (κ1) is 45.9. The minimum Gasteiger partial charge on any atom is -0.396 e. The van der Waals surface area contributed by atoms with Crippen molar-refractivity contribution in [3.05, 3.63) is 0 Å². The van der Waals surface area contributed by atoms with Gasteiger partial charge in [0, 0.05) is 48.5 Å². The number of nitrogens with zero attached hydrogens (tertiary/aromatic N) is 1. The van der Waals surface area contributed by atoms with Crippen LogP contribution in [0.15, 0.2) is 0 Å². The lowest BCUT2D eigenvalue weighted by Crippen LogP contribution is -2.52. The maximum absolute atomic E-state index is 9.89. The molecule has 278 valence electrons. The van der Waals surface area contributed by atoms with E-state index in [1.165, 1.54) is 103 Å². The van der Waals surface area contributed by atoms with Crippen molar-refractivity contribution in [1.82, 2.24) is 0 Å². The van der Waals surface area contributed by atoms with Crippen LogP contribution in [0.5, 0.6) is 0 Å². The lowest BCUT2D eigenvalue weighted by Gasteiger charge is -2.38. The molecule has 0 aromatic rings. The highest BCUT2D eigenvalue weighted by molar-refractivity contribution is 6.60. The van der Waals surface area contributed by atoms with E-state index in [1.54, 1.807) is 0 Å². The third-order valence-electron chi connectivity index (χ3n) is 9.20. The van der Waals surface area contributed by atoms with Gasteiger partial charge in [-0.1, -0.05) is 138 Å². The molecule has 0 saturated heterocycles. The van der Waals surface area contributed by atoms with Gasteiger partial charge in [0.15, 0.2) is 0 Å². The molecule has 0 aliphatic carbocycles. The predicted molar refractivity (Wildman–Crippen MR) is 197 cm³/mol. The fourth-order valence-electron chi connectivity index (χ4n) is 5.32. The summed E-state index contributed by atoms with van der Waals surface area (Å²) in [5, 5.41) is 29.7. The summed E-state index contributed by atoms with van der Waals surface area (Å²) in [5.41, 5.74) is -1.27. The largest absolute Gasteiger partial charge is 0.501 e. The van der Waals surface area contributed by atoms with E-state index in [9.17, 15) is 15.3 Å². The third-order valence-corrected chi connectivity index (χ3v) is 11.9. The van der Waals surface area contributed by atoms with Crippen LogP contribution in [0.25, 0.3) is 0 Å². The summed E-state index contributed by atoms with van der Waals surface area (Å²) in [7, 11) is 1.44. The SMILES string of the molecule is CCCCCCCCCCCCCCCCCC[N+](C)(C)CCC[Si](OCC(C)(C)CO)(OCC(C)(C)CO)OCC(C)(C)CO. The molecule has 0 rings (SSSR count). The molecule has 0 fully saturated rings. The molecule has 0 spiro atoms. The lowest BCUT2D eigenvalue weighted by molar-refractivity contribution is -0.890. The second kappa shape index (κ2) is 25.0. The normalized spacial score (nSPS) is 13.6. The van der Waals surface area contributed by atoms with Crippen LogP contribution in [0.2, 0.25) is 6.04 Å². The highest BCUT2D eigenvalue weighted by atomic mass is 28.4. The van der Waals surface area contributed by atoms with Gasteiger partial charge in [0.1, 0.15) is 0 Å². The van der Waals surface area contributed by atoms with E-state index in [0.717, 1.165) is 24.0 Å². The van der Waals surface area contributed by atoms with Gasteiger partial charge in [-0.25, -0.2) is 0 Å². The van der Waals surface area contributed by atoms with E-state index < -0.39 is 25.0 Å². The number of aliphatic hydroxyl groups excluding tert-OH is 3. The average Bonchev–Trinajstić information content (AvgIpc) is 3.01. The van der Waals surface area contributed by atoms with Crippen molar-refractivity contribution >= 4 is 8.80 Å². The zero-order valence-corrected chi connectivity index (χ0v) is 33.4.